The molecule has 0 amide bonds. The predicted octanol–water partition coefficient (Wildman–Crippen LogP) is 1.06. The Bertz CT molecular complexity index is 914. The third kappa shape index (κ3) is 7.92. The maximum atomic E-state index is 3.82. The number of halogens is 2. The second-order valence-corrected chi connectivity index (χ2v) is 8.71. The molecular formula is C25H24Cl2Zr-2. The molecule has 0 saturated heterocycles. The normalized spacial score (nSPS) is 10.7. The molecule has 144 valence electrons. The van der Waals surface area contributed by atoms with E-state index in [1.54, 1.807) is 24.2 Å². The van der Waals surface area contributed by atoms with Crippen LogP contribution in [-0.2, 0) is 24.2 Å². The number of benzene rings is 2. The predicted molar refractivity (Wildman–Crippen MR) is 115 cm³/mol. The van der Waals surface area contributed by atoms with Gasteiger partial charge < -0.3 is 24.8 Å². The Labute approximate surface area is 196 Å². The molecule has 0 heterocycles. The fraction of sp³-hybridized carbons (Fsp3) is 0.120. The summed E-state index contributed by atoms with van der Waals surface area (Å²) in [4.78, 5) is 0. The third-order valence-electron chi connectivity index (χ3n) is 3.81. The summed E-state index contributed by atoms with van der Waals surface area (Å²) < 4.78 is 1.51. The van der Waals surface area contributed by atoms with Crippen molar-refractivity contribution in [3.63, 3.8) is 0 Å². The van der Waals surface area contributed by atoms with Gasteiger partial charge in [-0.05, 0) is 11.1 Å². The first-order valence-electron chi connectivity index (χ1n) is 8.66. The average Bonchev–Trinajstić information content (AvgIpc) is 3.31. The fourth-order valence-corrected chi connectivity index (χ4v) is 2.63. The summed E-state index contributed by atoms with van der Waals surface area (Å²) in [5.74, 6) is 0. The van der Waals surface area contributed by atoms with Crippen LogP contribution in [0.5, 0.6) is 0 Å². The molecular weight excluding hydrogens is 462 g/mol. The Morgan fingerprint density at radius 1 is 0.964 bits per heavy atom. The van der Waals surface area contributed by atoms with E-state index in [0.717, 1.165) is 17.5 Å². The van der Waals surface area contributed by atoms with E-state index in [0.29, 0.717) is 0 Å². The van der Waals surface area contributed by atoms with Crippen molar-refractivity contribution in [3.05, 3.63) is 91.1 Å². The minimum atomic E-state index is 0. The molecule has 1 aliphatic rings. The van der Waals surface area contributed by atoms with Gasteiger partial charge in [0.1, 0.15) is 0 Å². The molecule has 0 aromatic heterocycles. The molecule has 0 atom stereocenters. The zero-order valence-electron chi connectivity index (χ0n) is 16.3. The summed E-state index contributed by atoms with van der Waals surface area (Å²) in [6, 6.07) is 15.1. The van der Waals surface area contributed by atoms with E-state index in [-0.39, 0.29) is 24.8 Å². The van der Waals surface area contributed by atoms with Crippen molar-refractivity contribution >= 4 is 36.9 Å². The number of fused-ring (bicyclic) bond motifs is 3. The SMILES string of the molecule is C=Cc1ccc2[cH-]c3ccc(C=C)cc3c2c1.C[C](C)=[Zr+2].[C-]1=CC=CC1.[Cl-].[Cl-]. The van der Waals surface area contributed by atoms with Crippen LogP contribution in [-0.4, -0.2) is 3.21 Å². The van der Waals surface area contributed by atoms with E-state index in [2.05, 4.69) is 81.6 Å². The van der Waals surface area contributed by atoms with Gasteiger partial charge in [0.15, 0.2) is 0 Å². The summed E-state index contributed by atoms with van der Waals surface area (Å²) in [5.41, 5.74) is 2.32. The molecule has 0 radical (unpaired) electrons. The first-order chi connectivity index (χ1) is 12.5. The molecule has 0 unspecified atom stereocenters. The molecule has 0 saturated carbocycles. The van der Waals surface area contributed by atoms with Crippen LogP contribution in [0.3, 0.4) is 0 Å². The summed E-state index contributed by atoms with van der Waals surface area (Å²) in [5, 5.41) is 5.15. The minimum absolute atomic E-state index is 0. The molecule has 0 bridgehead atoms. The quantitative estimate of drug-likeness (QED) is 0.476. The van der Waals surface area contributed by atoms with Gasteiger partial charge in [0, 0.05) is 0 Å². The number of rotatable bonds is 2. The van der Waals surface area contributed by atoms with Crippen LogP contribution in [0.25, 0.3) is 33.7 Å². The molecule has 0 spiro atoms. The molecule has 3 heteroatoms. The fourth-order valence-electron chi connectivity index (χ4n) is 2.63. The van der Waals surface area contributed by atoms with E-state index in [1.807, 2.05) is 24.3 Å². The van der Waals surface area contributed by atoms with Crippen LogP contribution < -0.4 is 24.8 Å². The minimum Gasteiger partial charge on any atom is -1.00 e. The Kier molecular flexibility index (Phi) is 13.0. The Morgan fingerprint density at radius 2 is 1.43 bits per heavy atom. The number of hydrogen-bond acceptors (Lipinski definition) is 0. The molecule has 28 heavy (non-hydrogen) atoms. The van der Waals surface area contributed by atoms with E-state index >= 15 is 0 Å². The Balaban J connectivity index is 0.000000559. The maximum Gasteiger partial charge on any atom is -0.109 e. The third-order valence-corrected chi connectivity index (χ3v) is 3.81. The van der Waals surface area contributed by atoms with Crippen LogP contribution in [0, 0.1) is 6.08 Å². The zero-order valence-corrected chi connectivity index (χ0v) is 20.3. The molecule has 1 aliphatic carbocycles. The van der Waals surface area contributed by atoms with E-state index in [1.165, 1.54) is 24.8 Å². The summed E-state index contributed by atoms with van der Waals surface area (Å²) in [6.07, 6.45) is 13.8. The average molecular weight is 487 g/mol. The van der Waals surface area contributed by atoms with Gasteiger partial charge in [-0.3, -0.25) is 6.08 Å². The van der Waals surface area contributed by atoms with Gasteiger partial charge in [-0.1, -0.05) is 49.6 Å². The van der Waals surface area contributed by atoms with Crippen LogP contribution in [0.4, 0.5) is 0 Å². The monoisotopic (exact) mass is 484 g/mol. The van der Waals surface area contributed by atoms with Crippen molar-refractivity contribution in [3.8, 4) is 0 Å². The van der Waals surface area contributed by atoms with Crippen molar-refractivity contribution in [2.45, 2.75) is 20.3 Å². The Morgan fingerprint density at radius 3 is 1.71 bits per heavy atom. The van der Waals surface area contributed by atoms with E-state index < -0.39 is 0 Å². The van der Waals surface area contributed by atoms with Crippen molar-refractivity contribution in [1.82, 2.24) is 0 Å². The molecule has 0 nitrogen and oxygen atoms in total. The molecule has 0 fully saturated rings. The second kappa shape index (κ2) is 13.7. The van der Waals surface area contributed by atoms with Crippen molar-refractivity contribution in [2.24, 2.45) is 0 Å². The van der Waals surface area contributed by atoms with Crippen molar-refractivity contribution < 1.29 is 49.0 Å². The van der Waals surface area contributed by atoms with Crippen LogP contribution in [0.15, 0.2) is 73.9 Å². The van der Waals surface area contributed by atoms with Crippen molar-refractivity contribution in [1.29, 1.82) is 0 Å². The first kappa shape index (κ1) is 26.6. The van der Waals surface area contributed by atoms with Crippen molar-refractivity contribution in [2.75, 3.05) is 0 Å². The zero-order chi connectivity index (χ0) is 18.9. The van der Waals surface area contributed by atoms with Crippen LogP contribution >= 0.6 is 0 Å². The van der Waals surface area contributed by atoms with Crippen LogP contribution in [0.2, 0.25) is 0 Å². The summed E-state index contributed by atoms with van der Waals surface area (Å²) in [7, 11) is 0. The molecule has 0 aliphatic heterocycles. The summed E-state index contributed by atoms with van der Waals surface area (Å²) >= 11 is 1.55. The van der Waals surface area contributed by atoms with Gasteiger partial charge in [0.25, 0.3) is 0 Å². The summed E-state index contributed by atoms with van der Waals surface area (Å²) in [6.45, 7) is 11.9. The van der Waals surface area contributed by atoms with Gasteiger partial charge in [-0.25, -0.2) is 12.2 Å². The van der Waals surface area contributed by atoms with E-state index in [9.17, 15) is 0 Å². The van der Waals surface area contributed by atoms with Gasteiger partial charge >= 0.3 is 41.3 Å². The largest absolute Gasteiger partial charge is 1.00 e. The number of hydrogen-bond donors (Lipinski definition) is 0. The number of allylic oxidation sites excluding steroid dienone is 4. The van der Waals surface area contributed by atoms with Gasteiger partial charge in [0.05, 0.1) is 0 Å². The molecule has 3 aromatic carbocycles. The van der Waals surface area contributed by atoms with Crippen LogP contribution in [0.1, 0.15) is 31.4 Å². The molecule has 4 rings (SSSR count). The first-order valence-corrected chi connectivity index (χ1v) is 9.89. The van der Waals surface area contributed by atoms with Gasteiger partial charge in [-0.15, -0.1) is 46.2 Å². The second-order valence-electron chi connectivity index (χ2n) is 6.25. The van der Waals surface area contributed by atoms with E-state index in [4.69, 9.17) is 0 Å². The topological polar surface area (TPSA) is 0 Å². The maximum absolute atomic E-state index is 3.82. The standard InChI is InChI=1S/C17H13.C5H5.C3H6.2ClH.Zr/c1-3-12-5-7-14-11-15-8-6-13(4-2)10-17(15)16(14)9-12;1-2-4-5-3-1;1-3-2;;;/h3-11H,1-2H2;1-3H,4H2;1-2H3;2*1H;/q2*-1;;;;+2/p-2. The Hall–Kier alpha value is -1.40. The van der Waals surface area contributed by atoms with Gasteiger partial charge in [-0.2, -0.15) is 6.08 Å². The molecule has 0 N–H and O–H groups in total. The molecule has 3 aromatic rings. The van der Waals surface area contributed by atoms with Gasteiger partial charge in [0.2, 0.25) is 0 Å². The smallest absolute Gasteiger partial charge is 0.109 e.